The van der Waals surface area contributed by atoms with Crippen LogP contribution in [0.3, 0.4) is 0 Å². The van der Waals surface area contributed by atoms with Crippen molar-refractivity contribution < 1.29 is 28.5 Å². The number of hydrogen-bond donors (Lipinski definition) is 1. The summed E-state index contributed by atoms with van der Waals surface area (Å²) in [6.45, 7) is 4.28. The fraction of sp³-hybridized carbons (Fsp3) is 0.500. The Kier molecular flexibility index (Phi) is 7.53. The minimum absolute atomic E-state index is 0.0195. The molecule has 2 aliphatic rings. The molecule has 2 aromatic rings. The molecule has 7 nitrogen and oxygen atoms in total. The highest BCUT2D eigenvalue weighted by atomic mass is 16.6. The summed E-state index contributed by atoms with van der Waals surface area (Å²) in [4.78, 5) is 25.0. The van der Waals surface area contributed by atoms with Crippen LogP contribution in [0.5, 0.6) is 17.2 Å². The predicted octanol–water partition coefficient (Wildman–Crippen LogP) is 5.29. The second kappa shape index (κ2) is 10.6. The number of ether oxygens (including phenoxy) is 4. The van der Waals surface area contributed by atoms with Crippen molar-refractivity contribution in [3.63, 3.8) is 0 Å². The Morgan fingerprint density at radius 1 is 0.971 bits per heavy atom. The van der Waals surface area contributed by atoms with Crippen LogP contribution in [-0.2, 0) is 16.1 Å². The normalized spacial score (nSPS) is 16.2. The highest BCUT2D eigenvalue weighted by molar-refractivity contribution is 5.99. The van der Waals surface area contributed by atoms with Crippen molar-refractivity contribution in [2.75, 3.05) is 20.8 Å². The Morgan fingerprint density at radius 3 is 2.37 bits per heavy atom. The molecule has 0 spiro atoms. The molecule has 35 heavy (non-hydrogen) atoms. The molecule has 0 bridgehead atoms. The van der Waals surface area contributed by atoms with E-state index in [9.17, 15) is 9.59 Å². The molecule has 0 saturated heterocycles. The maximum atomic E-state index is 13.1. The van der Waals surface area contributed by atoms with Crippen LogP contribution >= 0.6 is 0 Å². The lowest BCUT2D eigenvalue weighted by Crippen LogP contribution is -2.35. The van der Waals surface area contributed by atoms with Crippen LogP contribution < -0.4 is 19.5 Å². The lowest BCUT2D eigenvalue weighted by atomic mass is 9.94. The first kappa shape index (κ1) is 24.9. The van der Waals surface area contributed by atoms with E-state index in [1.165, 1.54) is 12.8 Å². The molecule has 1 aliphatic carbocycles. The van der Waals surface area contributed by atoms with Gasteiger partial charge in [-0.25, -0.2) is 0 Å². The Hall–Kier alpha value is -3.22. The molecule has 188 valence electrons. The largest absolute Gasteiger partial charge is 0.493 e. The molecule has 1 N–H and O–H groups in total. The zero-order chi connectivity index (χ0) is 25.0. The van der Waals surface area contributed by atoms with Crippen molar-refractivity contribution in [1.82, 2.24) is 5.32 Å². The van der Waals surface area contributed by atoms with Gasteiger partial charge < -0.3 is 24.3 Å². The van der Waals surface area contributed by atoms with E-state index in [1.807, 2.05) is 44.2 Å². The van der Waals surface area contributed by atoms with Crippen molar-refractivity contribution in [2.24, 2.45) is 5.41 Å². The molecular formula is C28H35NO6. The number of nitrogens with one attached hydrogen (secondary N) is 1. The number of methoxy groups -OCH3 is 2. The first-order chi connectivity index (χ1) is 16.8. The lowest BCUT2D eigenvalue weighted by molar-refractivity contribution is -0.161. The average Bonchev–Trinajstić information content (AvgIpc) is 3.04. The van der Waals surface area contributed by atoms with Gasteiger partial charge in [0.1, 0.15) is 12.7 Å². The third kappa shape index (κ3) is 5.39. The number of fused-ring (bicyclic) bond motifs is 1. The summed E-state index contributed by atoms with van der Waals surface area (Å²) in [6.07, 6.45) is 6.42. The summed E-state index contributed by atoms with van der Waals surface area (Å²) in [5, 5.41) is 2.85. The lowest BCUT2D eigenvalue weighted by Gasteiger charge is -2.27. The van der Waals surface area contributed by atoms with Gasteiger partial charge in [0.05, 0.1) is 19.6 Å². The van der Waals surface area contributed by atoms with Gasteiger partial charge in [0.15, 0.2) is 11.5 Å². The van der Waals surface area contributed by atoms with E-state index in [0.717, 1.165) is 42.4 Å². The molecule has 1 aliphatic heterocycles. The summed E-state index contributed by atoms with van der Waals surface area (Å²) >= 11 is 0. The summed E-state index contributed by atoms with van der Waals surface area (Å²) in [5.41, 5.74) is 2.43. The Balaban J connectivity index is 1.59. The van der Waals surface area contributed by atoms with E-state index in [4.69, 9.17) is 18.9 Å². The topological polar surface area (TPSA) is 83.1 Å². The van der Waals surface area contributed by atoms with E-state index in [-0.39, 0.29) is 24.6 Å². The van der Waals surface area contributed by atoms with Gasteiger partial charge in [-0.05, 0) is 74.9 Å². The Bertz CT molecular complexity index is 1090. The summed E-state index contributed by atoms with van der Waals surface area (Å²) in [7, 11) is 3.13. The van der Waals surface area contributed by atoms with E-state index >= 15 is 0 Å². The van der Waals surface area contributed by atoms with E-state index in [2.05, 4.69) is 5.32 Å². The average molecular weight is 482 g/mol. The Morgan fingerprint density at radius 2 is 1.69 bits per heavy atom. The fourth-order valence-electron chi connectivity index (χ4n) is 4.65. The third-order valence-electron chi connectivity index (χ3n) is 6.81. The monoisotopic (exact) mass is 481 g/mol. The van der Waals surface area contributed by atoms with Gasteiger partial charge in [-0.15, -0.1) is 0 Å². The minimum Gasteiger partial charge on any atom is -0.493 e. The summed E-state index contributed by atoms with van der Waals surface area (Å²) in [6, 6.07) is 9.42. The van der Waals surface area contributed by atoms with Crippen molar-refractivity contribution in [3.05, 3.63) is 41.5 Å². The molecule has 1 fully saturated rings. The van der Waals surface area contributed by atoms with Crippen LogP contribution in [0.15, 0.2) is 30.3 Å². The van der Waals surface area contributed by atoms with E-state index in [0.29, 0.717) is 29.4 Å². The number of hydrogen-bond acceptors (Lipinski definition) is 6. The van der Waals surface area contributed by atoms with Crippen molar-refractivity contribution in [1.29, 1.82) is 0 Å². The van der Waals surface area contributed by atoms with Gasteiger partial charge in [-0.1, -0.05) is 18.9 Å². The molecule has 4 rings (SSSR count). The van der Waals surface area contributed by atoms with E-state index < -0.39 is 5.41 Å². The number of benzene rings is 2. The SMILES string of the molecule is COc1ccc(-c2ccc3c(c2)CNC3=O)c(OCC(C)(C)C(=O)OC2CCCCCC2)c1OC. The van der Waals surface area contributed by atoms with Gasteiger partial charge in [0.25, 0.3) is 5.91 Å². The molecule has 0 unspecified atom stereocenters. The zero-order valence-corrected chi connectivity index (χ0v) is 21.1. The number of esters is 1. The molecule has 7 heteroatoms. The van der Waals surface area contributed by atoms with Crippen LogP contribution in [0, 0.1) is 5.41 Å². The standard InChI is InChI=1S/C28H35NO6/c1-28(2,27(31)35-20-9-7-5-6-8-10-20)17-34-24-21(13-14-23(32-3)25(24)33-4)18-11-12-22-19(15-18)16-29-26(22)30/h11-15,20H,5-10,16-17H2,1-4H3,(H,29,30). The summed E-state index contributed by atoms with van der Waals surface area (Å²) < 4.78 is 23.4. The first-order valence-corrected chi connectivity index (χ1v) is 12.3. The maximum absolute atomic E-state index is 13.1. The van der Waals surface area contributed by atoms with Crippen molar-refractivity contribution in [3.8, 4) is 28.4 Å². The molecule has 1 amide bonds. The van der Waals surface area contributed by atoms with Crippen LogP contribution in [-0.4, -0.2) is 38.8 Å². The number of rotatable bonds is 8. The van der Waals surface area contributed by atoms with Crippen LogP contribution in [0.1, 0.15) is 68.3 Å². The quantitative estimate of drug-likeness (QED) is 0.408. The van der Waals surface area contributed by atoms with Gasteiger partial charge in [-0.2, -0.15) is 0 Å². The fourth-order valence-corrected chi connectivity index (χ4v) is 4.65. The zero-order valence-electron chi connectivity index (χ0n) is 21.1. The highest BCUT2D eigenvalue weighted by Crippen LogP contribution is 2.45. The smallest absolute Gasteiger partial charge is 0.315 e. The van der Waals surface area contributed by atoms with Gasteiger partial charge in [-0.3, -0.25) is 9.59 Å². The van der Waals surface area contributed by atoms with Crippen LogP contribution in [0.2, 0.25) is 0 Å². The molecule has 1 saturated carbocycles. The second-order valence-corrected chi connectivity index (χ2v) is 9.92. The molecule has 0 atom stereocenters. The minimum atomic E-state index is -0.855. The number of carbonyl (C=O) groups is 2. The molecule has 1 heterocycles. The maximum Gasteiger partial charge on any atom is 0.315 e. The van der Waals surface area contributed by atoms with Gasteiger partial charge >= 0.3 is 5.97 Å². The first-order valence-electron chi connectivity index (χ1n) is 12.3. The summed E-state index contributed by atoms with van der Waals surface area (Å²) in [5.74, 6) is 1.15. The highest BCUT2D eigenvalue weighted by Gasteiger charge is 2.34. The molecule has 0 radical (unpaired) electrons. The molecule has 2 aromatic carbocycles. The third-order valence-corrected chi connectivity index (χ3v) is 6.81. The van der Waals surface area contributed by atoms with Gasteiger partial charge in [0.2, 0.25) is 5.75 Å². The Labute approximate surface area is 207 Å². The van der Waals surface area contributed by atoms with Crippen LogP contribution in [0.4, 0.5) is 0 Å². The predicted molar refractivity (Wildman–Crippen MR) is 133 cm³/mol. The van der Waals surface area contributed by atoms with Gasteiger partial charge in [0, 0.05) is 17.7 Å². The second-order valence-electron chi connectivity index (χ2n) is 9.92. The van der Waals surface area contributed by atoms with Crippen LogP contribution in [0.25, 0.3) is 11.1 Å². The molecule has 0 aromatic heterocycles. The molecular weight excluding hydrogens is 446 g/mol. The number of amides is 1. The number of carbonyl (C=O) groups excluding carboxylic acids is 2. The van der Waals surface area contributed by atoms with Crippen molar-refractivity contribution >= 4 is 11.9 Å². The van der Waals surface area contributed by atoms with E-state index in [1.54, 1.807) is 14.2 Å². The van der Waals surface area contributed by atoms with Crippen molar-refractivity contribution in [2.45, 2.75) is 65.0 Å².